The number of rotatable bonds is 3. The van der Waals surface area contributed by atoms with Gasteiger partial charge in [0.2, 0.25) is 10.0 Å². The summed E-state index contributed by atoms with van der Waals surface area (Å²) in [6.07, 6.45) is 0.619. The number of hydrogen-bond acceptors (Lipinski definition) is 4. The molecular formula is C10H11Cl2NO4S2. The second-order valence-corrected chi connectivity index (χ2v) is 8.40. The van der Waals surface area contributed by atoms with E-state index in [9.17, 15) is 13.2 Å². The number of halogens is 2. The lowest BCUT2D eigenvalue weighted by Gasteiger charge is -2.29. The zero-order chi connectivity index (χ0) is 14.2. The smallest absolute Gasteiger partial charge is 0.306 e. The number of carbonyl (C=O) groups is 1. The fourth-order valence-electron chi connectivity index (χ4n) is 1.98. The topological polar surface area (TPSA) is 74.7 Å². The summed E-state index contributed by atoms with van der Waals surface area (Å²) in [5.41, 5.74) is 0. The second-order valence-electron chi connectivity index (χ2n) is 4.21. The first-order chi connectivity index (χ1) is 8.82. The van der Waals surface area contributed by atoms with Crippen molar-refractivity contribution in [2.75, 3.05) is 13.1 Å². The summed E-state index contributed by atoms with van der Waals surface area (Å²) in [5, 5.41) is 8.89. The minimum Gasteiger partial charge on any atom is -0.481 e. The van der Waals surface area contributed by atoms with Crippen LogP contribution in [0.25, 0.3) is 0 Å². The molecule has 19 heavy (non-hydrogen) atoms. The van der Waals surface area contributed by atoms with Gasteiger partial charge < -0.3 is 5.11 Å². The van der Waals surface area contributed by atoms with Crippen LogP contribution in [0.4, 0.5) is 0 Å². The molecule has 106 valence electrons. The second kappa shape index (κ2) is 5.57. The minimum absolute atomic E-state index is 0.00191. The lowest BCUT2D eigenvalue weighted by atomic mass is 9.99. The number of aliphatic carboxylic acids is 1. The van der Waals surface area contributed by atoms with E-state index in [0.717, 1.165) is 11.3 Å². The van der Waals surface area contributed by atoms with Gasteiger partial charge in [-0.2, -0.15) is 4.31 Å². The summed E-state index contributed by atoms with van der Waals surface area (Å²) in [6, 6.07) is 1.33. The summed E-state index contributed by atoms with van der Waals surface area (Å²) < 4.78 is 26.4. The highest BCUT2D eigenvalue weighted by Gasteiger charge is 2.33. The van der Waals surface area contributed by atoms with E-state index in [1.165, 1.54) is 10.4 Å². The Labute approximate surface area is 124 Å². The highest BCUT2D eigenvalue weighted by Crippen LogP contribution is 2.36. The van der Waals surface area contributed by atoms with Crippen LogP contribution in [0.1, 0.15) is 12.8 Å². The Bertz CT molecular complexity index is 591. The number of piperidine rings is 1. The van der Waals surface area contributed by atoms with Crippen LogP contribution in [-0.4, -0.2) is 36.9 Å². The van der Waals surface area contributed by atoms with Crippen LogP contribution in [0.2, 0.25) is 8.67 Å². The number of nitrogens with zero attached hydrogens (tertiary/aromatic N) is 1. The van der Waals surface area contributed by atoms with Crippen LogP contribution in [0.3, 0.4) is 0 Å². The van der Waals surface area contributed by atoms with Crippen molar-refractivity contribution in [1.29, 1.82) is 0 Å². The molecule has 1 fully saturated rings. The van der Waals surface area contributed by atoms with E-state index in [4.69, 9.17) is 28.3 Å². The van der Waals surface area contributed by atoms with Gasteiger partial charge in [0.1, 0.15) is 9.23 Å². The molecule has 1 aliphatic heterocycles. The van der Waals surface area contributed by atoms with Crippen molar-refractivity contribution in [2.24, 2.45) is 5.92 Å². The van der Waals surface area contributed by atoms with Gasteiger partial charge in [0.05, 0.1) is 10.3 Å². The van der Waals surface area contributed by atoms with E-state index >= 15 is 0 Å². The molecule has 1 saturated heterocycles. The number of carboxylic acid groups (broad SMARTS) is 1. The molecule has 0 bridgehead atoms. The first-order valence-electron chi connectivity index (χ1n) is 5.50. The van der Waals surface area contributed by atoms with Crippen molar-refractivity contribution in [3.05, 3.63) is 14.7 Å². The van der Waals surface area contributed by atoms with Crippen molar-refractivity contribution in [3.63, 3.8) is 0 Å². The monoisotopic (exact) mass is 343 g/mol. The molecule has 1 aromatic heterocycles. The van der Waals surface area contributed by atoms with Gasteiger partial charge in [0, 0.05) is 13.1 Å². The van der Waals surface area contributed by atoms with Crippen molar-refractivity contribution in [1.82, 2.24) is 4.31 Å². The zero-order valence-corrected chi connectivity index (χ0v) is 12.8. The van der Waals surface area contributed by atoms with Crippen molar-refractivity contribution in [2.45, 2.75) is 17.7 Å². The highest BCUT2D eigenvalue weighted by atomic mass is 35.5. The Hall–Kier alpha value is -0.340. The van der Waals surface area contributed by atoms with Gasteiger partial charge in [-0.25, -0.2) is 8.42 Å². The lowest BCUT2D eigenvalue weighted by Crippen LogP contribution is -2.40. The van der Waals surface area contributed by atoms with Crippen LogP contribution in [0.5, 0.6) is 0 Å². The quantitative estimate of drug-likeness (QED) is 0.914. The van der Waals surface area contributed by atoms with Crippen LogP contribution in [0.15, 0.2) is 11.0 Å². The minimum atomic E-state index is -3.69. The first-order valence-corrected chi connectivity index (χ1v) is 8.51. The van der Waals surface area contributed by atoms with E-state index in [0.29, 0.717) is 17.2 Å². The van der Waals surface area contributed by atoms with Gasteiger partial charge in [0.15, 0.2) is 0 Å². The Morgan fingerprint density at radius 3 is 2.37 bits per heavy atom. The summed E-state index contributed by atoms with van der Waals surface area (Å²) >= 11 is 12.6. The molecule has 0 aliphatic carbocycles. The molecule has 9 heteroatoms. The Morgan fingerprint density at radius 1 is 1.37 bits per heavy atom. The third kappa shape index (κ3) is 3.05. The van der Waals surface area contributed by atoms with Crippen LogP contribution in [0, 0.1) is 5.92 Å². The van der Waals surface area contributed by atoms with Crippen LogP contribution >= 0.6 is 34.5 Å². The molecule has 1 N–H and O–H groups in total. The van der Waals surface area contributed by atoms with Gasteiger partial charge >= 0.3 is 5.97 Å². The zero-order valence-electron chi connectivity index (χ0n) is 9.67. The first kappa shape index (κ1) is 15.1. The Kier molecular flexibility index (Phi) is 4.42. The summed E-state index contributed by atoms with van der Waals surface area (Å²) in [7, 11) is -3.69. The van der Waals surface area contributed by atoms with Gasteiger partial charge in [-0.1, -0.05) is 23.2 Å². The lowest BCUT2D eigenvalue weighted by molar-refractivity contribution is -0.142. The summed E-state index contributed by atoms with van der Waals surface area (Å²) in [6.45, 7) is 0.367. The normalized spacial score (nSPS) is 18.6. The maximum Gasteiger partial charge on any atom is 0.306 e. The fraction of sp³-hybridized carbons (Fsp3) is 0.500. The van der Waals surface area contributed by atoms with Crippen molar-refractivity contribution in [3.8, 4) is 0 Å². The predicted molar refractivity (Wildman–Crippen MR) is 73.5 cm³/mol. The third-order valence-corrected chi connectivity index (χ3v) is 6.70. The molecule has 0 atom stereocenters. The maximum atomic E-state index is 12.3. The average molecular weight is 344 g/mol. The molecule has 0 radical (unpaired) electrons. The van der Waals surface area contributed by atoms with E-state index in [1.54, 1.807) is 0 Å². The van der Waals surface area contributed by atoms with Gasteiger partial charge in [-0.3, -0.25) is 4.79 Å². The summed E-state index contributed by atoms with van der Waals surface area (Å²) in [4.78, 5) is 10.8. The average Bonchev–Trinajstić information content (AvgIpc) is 2.69. The van der Waals surface area contributed by atoms with E-state index in [-0.39, 0.29) is 22.3 Å². The predicted octanol–water partition coefficient (Wildman–Crippen LogP) is 2.54. The largest absolute Gasteiger partial charge is 0.481 e. The van der Waals surface area contributed by atoms with Crippen LogP contribution in [-0.2, 0) is 14.8 Å². The van der Waals surface area contributed by atoms with E-state index < -0.39 is 21.9 Å². The molecule has 1 aliphatic rings. The third-order valence-electron chi connectivity index (χ3n) is 3.05. The molecule has 0 saturated carbocycles. The Balaban J connectivity index is 2.19. The van der Waals surface area contributed by atoms with Crippen molar-refractivity contribution >= 4 is 50.5 Å². The SMILES string of the molecule is O=C(O)C1CCN(S(=O)(=O)c2cc(Cl)sc2Cl)CC1. The fourth-order valence-corrected chi connectivity index (χ4v) is 5.57. The van der Waals surface area contributed by atoms with E-state index in [2.05, 4.69) is 0 Å². The number of thiophene rings is 1. The maximum absolute atomic E-state index is 12.3. The number of hydrogen-bond donors (Lipinski definition) is 1. The molecule has 2 heterocycles. The number of sulfonamides is 1. The molecule has 0 amide bonds. The molecule has 0 unspecified atom stereocenters. The van der Waals surface area contributed by atoms with Gasteiger partial charge in [-0.05, 0) is 18.9 Å². The highest BCUT2D eigenvalue weighted by molar-refractivity contribution is 7.89. The molecule has 2 rings (SSSR count). The van der Waals surface area contributed by atoms with E-state index in [1.807, 2.05) is 0 Å². The Morgan fingerprint density at radius 2 is 1.95 bits per heavy atom. The molecular weight excluding hydrogens is 333 g/mol. The van der Waals surface area contributed by atoms with Gasteiger partial charge in [-0.15, -0.1) is 11.3 Å². The number of carboxylic acids is 1. The molecule has 1 aromatic rings. The molecule has 0 aromatic carbocycles. The molecule has 0 spiro atoms. The summed E-state index contributed by atoms with van der Waals surface area (Å²) in [5.74, 6) is -1.36. The standard InChI is InChI=1S/C10H11Cl2NO4S2/c11-8-5-7(9(12)18-8)19(16,17)13-3-1-6(2-4-13)10(14)15/h5-6H,1-4H2,(H,14,15). The van der Waals surface area contributed by atoms with Gasteiger partial charge in [0.25, 0.3) is 0 Å². The molecule has 5 nitrogen and oxygen atoms in total. The van der Waals surface area contributed by atoms with Crippen molar-refractivity contribution < 1.29 is 18.3 Å². The van der Waals surface area contributed by atoms with Crippen LogP contribution < -0.4 is 0 Å².